The molecule has 0 bridgehead atoms. The van der Waals surface area contributed by atoms with Crippen LogP contribution in [-0.2, 0) is 0 Å². The topological polar surface area (TPSA) is 66.5 Å². The molecule has 0 aliphatic heterocycles. The van der Waals surface area contributed by atoms with E-state index in [1.165, 1.54) is 0 Å². The van der Waals surface area contributed by atoms with E-state index in [1.54, 1.807) is 12.4 Å². The highest BCUT2D eigenvalue weighted by atomic mass is 35.5. The van der Waals surface area contributed by atoms with Crippen LogP contribution in [0.1, 0.15) is 6.92 Å². The van der Waals surface area contributed by atoms with Crippen molar-refractivity contribution in [1.29, 1.82) is 0 Å². The number of hydrogen-bond donors (Lipinski definition) is 2. The average molecular weight is 224 g/mol. The van der Waals surface area contributed by atoms with Gasteiger partial charge in [0.05, 0.1) is 6.33 Å². The summed E-state index contributed by atoms with van der Waals surface area (Å²) in [6.07, 6.45) is 3.33. The lowest BCUT2D eigenvalue weighted by molar-refractivity contribution is 0.982. The van der Waals surface area contributed by atoms with Gasteiger partial charge in [-0.25, -0.2) is 4.98 Å². The molecule has 0 aliphatic carbocycles. The maximum absolute atomic E-state index is 5.77. The summed E-state index contributed by atoms with van der Waals surface area (Å²) in [4.78, 5) is 15.0. The van der Waals surface area contributed by atoms with Crippen LogP contribution >= 0.6 is 11.6 Å². The molecular formula is C9H10ClN5. The van der Waals surface area contributed by atoms with Gasteiger partial charge in [0.2, 0.25) is 5.28 Å². The van der Waals surface area contributed by atoms with Gasteiger partial charge >= 0.3 is 0 Å². The van der Waals surface area contributed by atoms with E-state index in [4.69, 9.17) is 11.6 Å². The molecule has 2 N–H and O–H groups in total. The van der Waals surface area contributed by atoms with E-state index in [9.17, 15) is 0 Å². The number of hydrogen-bond acceptors (Lipinski definition) is 4. The monoisotopic (exact) mass is 223 g/mol. The highest BCUT2D eigenvalue weighted by molar-refractivity contribution is 6.28. The number of imidazole rings is 1. The molecular weight excluding hydrogens is 214 g/mol. The number of aromatic nitrogens is 4. The standard InChI is InChI=1S/C9H10ClN5/c1-3-5(2)13-8-6-7(12-4-11-6)14-9(10)15-8/h3-5H,1H2,2H3,(H2,11,12,13,14,15). The third kappa shape index (κ3) is 1.92. The molecule has 2 aromatic heterocycles. The van der Waals surface area contributed by atoms with Gasteiger partial charge in [0.1, 0.15) is 5.52 Å². The highest BCUT2D eigenvalue weighted by Crippen LogP contribution is 2.19. The summed E-state index contributed by atoms with van der Waals surface area (Å²) in [5, 5.41) is 3.31. The molecule has 0 fully saturated rings. The van der Waals surface area contributed by atoms with Crippen LogP contribution in [0.25, 0.3) is 11.2 Å². The van der Waals surface area contributed by atoms with Crippen LogP contribution in [0.4, 0.5) is 5.82 Å². The van der Waals surface area contributed by atoms with E-state index in [-0.39, 0.29) is 11.3 Å². The number of nitrogens with zero attached hydrogens (tertiary/aromatic N) is 3. The predicted molar refractivity (Wildman–Crippen MR) is 60.0 cm³/mol. The predicted octanol–water partition coefficient (Wildman–Crippen LogP) is 1.99. The molecule has 0 spiro atoms. The van der Waals surface area contributed by atoms with Crippen LogP contribution in [-0.4, -0.2) is 26.0 Å². The third-order valence-electron chi connectivity index (χ3n) is 1.98. The fraction of sp³-hybridized carbons (Fsp3) is 0.222. The lowest BCUT2D eigenvalue weighted by Crippen LogP contribution is -2.13. The van der Waals surface area contributed by atoms with Crippen LogP contribution in [0.5, 0.6) is 0 Å². The minimum Gasteiger partial charge on any atom is -0.362 e. The normalized spacial score (nSPS) is 12.7. The van der Waals surface area contributed by atoms with Crippen molar-refractivity contribution in [3.8, 4) is 0 Å². The smallest absolute Gasteiger partial charge is 0.226 e. The second-order valence-corrected chi connectivity index (χ2v) is 3.45. The maximum atomic E-state index is 5.77. The van der Waals surface area contributed by atoms with E-state index in [2.05, 4.69) is 31.8 Å². The molecule has 78 valence electrons. The van der Waals surface area contributed by atoms with E-state index < -0.39 is 0 Å². The van der Waals surface area contributed by atoms with Gasteiger partial charge in [-0.1, -0.05) is 6.08 Å². The first kappa shape index (κ1) is 9.92. The fourth-order valence-electron chi connectivity index (χ4n) is 1.19. The Morgan fingerprint density at radius 3 is 3.13 bits per heavy atom. The van der Waals surface area contributed by atoms with Crippen molar-refractivity contribution in [2.45, 2.75) is 13.0 Å². The minimum absolute atomic E-state index is 0.0995. The van der Waals surface area contributed by atoms with Crippen LogP contribution in [0.3, 0.4) is 0 Å². The molecule has 0 amide bonds. The number of aromatic amines is 1. The van der Waals surface area contributed by atoms with Gasteiger partial charge in [-0.3, -0.25) is 0 Å². The van der Waals surface area contributed by atoms with Gasteiger partial charge in [0.25, 0.3) is 0 Å². The molecule has 2 rings (SSSR count). The molecule has 0 aromatic carbocycles. The largest absolute Gasteiger partial charge is 0.362 e. The average Bonchev–Trinajstić information content (AvgIpc) is 2.65. The van der Waals surface area contributed by atoms with E-state index in [0.717, 1.165) is 5.52 Å². The van der Waals surface area contributed by atoms with Crippen LogP contribution < -0.4 is 5.32 Å². The second kappa shape index (κ2) is 3.86. The van der Waals surface area contributed by atoms with Crippen molar-refractivity contribution >= 4 is 28.6 Å². The first-order valence-corrected chi connectivity index (χ1v) is 4.84. The number of anilines is 1. The van der Waals surface area contributed by atoms with Crippen LogP contribution in [0, 0.1) is 0 Å². The zero-order valence-electron chi connectivity index (χ0n) is 8.16. The van der Waals surface area contributed by atoms with E-state index in [0.29, 0.717) is 11.5 Å². The van der Waals surface area contributed by atoms with Gasteiger partial charge < -0.3 is 10.3 Å². The quantitative estimate of drug-likeness (QED) is 0.617. The minimum atomic E-state index is 0.0995. The molecule has 15 heavy (non-hydrogen) atoms. The van der Waals surface area contributed by atoms with Crippen LogP contribution in [0.2, 0.25) is 5.28 Å². The molecule has 1 unspecified atom stereocenters. The van der Waals surface area contributed by atoms with Crippen molar-refractivity contribution in [1.82, 2.24) is 19.9 Å². The molecule has 5 nitrogen and oxygen atoms in total. The molecule has 6 heteroatoms. The van der Waals surface area contributed by atoms with Gasteiger partial charge in [0.15, 0.2) is 11.5 Å². The number of nitrogens with one attached hydrogen (secondary N) is 2. The summed E-state index contributed by atoms with van der Waals surface area (Å²) in [5.41, 5.74) is 1.29. The summed E-state index contributed by atoms with van der Waals surface area (Å²) in [5.74, 6) is 0.634. The van der Waals surface area contributed by atoms with Gasteiger partial charge in [-0.15, -0.1) is 6.58 Å². The van der Waals surface area contributed by atoms with Gasteiger partial charge in [0, 0.05) is 6.04 Å². The Hall–Kier alpha value is -1.62. The zero-order chi connectivity index (χ0) is 10.8. The summed E-state index contributed by atoms with van der Waals surface area (Å²) >= 11 is 5.77. The van der Waals surface area contributed by atoms with Crippen LogP contribution in [0.15, 0.2) is 19.0 Å². The van der Waals surface area contributed by atoms with Crippen molar-refractivity contribution in [3.63, 3.8) is 0 Å². The molecule has 2 aromatic rings. The Kier molecular flexibility index (Phi) is 2.55. The number of halogens is 1. The molecule has 0 saturated heterocycles. The number of H-pyrrole nitrogens is 1. The molecule has 0 aliphatic rings. The summed E-state index contributed by atoms with van der Waals surface area (Å²) in [7, 11) is 0. The first-order valence-electron chi connectivity index (χ1n) is 4.46. The first-order chi connectivity index (χ1) is 7.20. The molecule has 0 saturated carbocycles. The van der Waals surface area contributed by atoms with Crippen molar-refractivity contribution in [2.24, 2.45) is 0 Å². The van der Waals surface area contributed by atoms with E-state index in [1.807, 2.05) is 6.92 Å². The molecule has 0 radical (unpaired) electrons. The van der Waals surface area contributed by atoms with E-state index >= 15 is 0 Å². The molecule has 2 heterocycles. The summed E-state index contributed by atoms with van der Waals surface area (Å²) < 4.78 is 0. The summed E-state index contributed by atoms with van der Waals surface area (Å²) in [6.45, 7) is 5.65. The zero-order valence-corrected chi connectivity index (χ0v) is 8.91. The van der Waals surface area contributed by atoms with Crippen molar-refractivity contribution < 1.29 is 0 Å². The second-order valence-electron chi connectivity index (χ2n) is 3.11. The Labute approximate surface area is 91.6 Å². The van der Waals surface area contributed by atoms with Crippen molar-refractivity contribution in [3.05, 3.63) is 24.3 Å². The maximum Gasteiger partial charge on any atom is 0.226 e. The Morgan fingerprint density at radius 2 is 2.40 bits per heavy atom. The SMILES string of the molecule is C=CC(C)Nc1nc(Cl)nc2nc[nH]c12. The molecule has 1 atom stereocenters. The van der Waals surface area contributed by atoms with Crippen molar-refractivity contribution in [2.75, 3.05) is 5.32 Å². The van der Waals surface area contributed by atoms with Gasteiger partial charge in [-0.05, 0) is 18.5 Å². The fourth-order valence-corrected chi connectivity index (χ4v) is 1.35. The lowest BCUT2D eigenvalue weighted by atomic mass is 10.3. The highest BCUT2D eigenvalue weighted by Gasteiger charge is 2.09. The number of rotatable bonds is 3. The Bertz CT molecular complexity index is 492. The summed E-state index contributed by atoms with van der Waals surface area (Å²) in [6, 6.07) is 0.0995. The van der Waals surface area contributed by atoms with Gasteiger partial charge in [-0.2, -0.15) is 9.97 Å². The third-order valence-corrected chi connectivity index (χ3v) is 2.15. The Morgan fingerprint density at radius 1 is 1.60 bits per heavy atom. The number of fused-ring (bicyclic) bond motifs is 1. The Balaban J connectivity index is 2.48. The lowest BCUT2D eigenvalue weighted by Gasteiger charge is -2.09.